The van der Waals surface area contributed by atoms with E-state index in [1.54, 1.807) is 12.1 Å². The van der Waals surface area contributed by atoms with Crippen molar-refractivity contribution in [3.05, 3.63) is 47.3 Å². The lowest BCUT2D eigenvalue weighted by atomic mass is 9.91. The summed E-state index contributed by atoms with van der Waals surface area (Å²) in [6.45, 7) is 0.0376. The first-order chi connectivity index (χ1) is 25.4. The summed E-state index contributed by atoms with van der Waals surface area (Å²) in [4.78, 5) is 71.7. The Bertz CT molecular complexity index is 1820. The number of benzene rings is 1. The number of allylic oxidation sites excluding steroid dienone is 2. The first-order valence-electron chi connectivity index (χ1n) is 19.1. The summed E-state index contributed by atoms with van der Waals surface area (Å²) < 4.78 is 53.9. The maximum absolute atomic E-state index is 14.4. The molecule has 0 radical (unpaired) electrons. The fourth-order valence-corrected chi connectivity index (χ4v) is 10.4. The van der Waals surface area contributed by atoms with Crippen molar-refractivity contribution >= 4 is 39.8 Å². The van der Waals surface area contributed by atoms with Crippen molar-refractivity contribution < 1.29 is 46.3 Å². The van der Waals surface area contributed by atoms with Gasteiger partial charge in [-0.15, -0.1) is 0 Å². The number of nitrogens with one attached hydrogen (secondary N) is 2. The van der Waals surface area contributed by atoms with E-state index in [0.29, 0.717) is 55.1 Å². The minimum absolute atomic E-state index is 0.0193. The lowest BCUT2D eigenvalue weighted by Crippen LogP contribution is -2.52. The monoisotopic (exact) mass is 754 g/mol. The molecule has 1 aromatic rings. The molecule has 1 saturated heterocycles. The SMILES string of the molecule is O=C(N[C@H]1CCCCC/C=C\[C@H]2C[C@@]2(C(=O)NS(=O)(=O)C2CC2)CC(=O)[C@@H]2C[C@@H](OC(=O)N3Cc4cccc(F)c4C3)CN2C1=O)OC1C[C@@H]2C[C@@H]2C1. The van der Waals surface area contributed by atoms with E-state index in [0.717, 1.165) is 32.1 Å². The summed E-state index contributed by atoms with van der Waals surface area (Å²) in [5.74, 6) is -1.27. The van der Waals surface area contributed by atoms with Crippen LogP contribution in [0.25, 0.3) is 0 Å². The Morgan fingerprint density at radius 2 is 1.72 bits per heavy atom. The molecule has 8 atom stereocenters. The van der Waals surface area contributed by atoms with Crippen molar-refractivity contribution in [3.8, 4) is 0 Å². The van der Waals surface area contributed by atoms with Crippen LogP contribution in [0.15, 0.2) is 30.4 Å². The molecule has 1 unspecified atom stereocenters. The van der Waals surface area contributed by atoms with E-state index in [9.17, 15) is 36.8 Å². The molecule has 0 bridgehead atoms. The average Bonchev–Trinajstić information content (AvgIpc) is 4.07. The molecule has 15 heteroatoms. The summed E-state index contributed by atoms with van der Waals surface area (Å²) >= 11 is 0. The molecular formula is C38H47FN4O9S. The smallest absolute Gasteiger partial charge is 0.410 e. The van der Waals surface area contributed by atoms with Crippen LogP contribution in [-0.2, 0) is 47.0 Å². The Morgan fingerprint density at radius 1 is 0.925 bits per heavy atom. The quantitative estimate of drug-likeness (QED) is 0.404. The van der Waals surface area contributed by atoms with Gasteiger partial charge in [-0.2, -0.15) is 0 Å². The molecule has 4 amide bonds. The molecule has 13 nitrogen and oxygen atoms in total. The molecule has 5 fully saturated rings. The fourth-order valence-electron chi connectivity index (χ4n) is 9.00. The highest BCUT2D eigenvalue weighted by molar-refractivity contribution is 7.90. The van der Waals surface area contributed by atoms with Gasteiger partial charge in [0.1, 0.15) is 24.1 Å². The minimum Gasteiger partial charge on any atom is -0.446 e. The Balaban J connectivity index is 1.02. The second-order valence-electron chi connectivity index (χ2n) is 16.3. The Labute approximate surface area is 308 Å². The molecule has 53 heavy (non-hydrogen) atoms. The summed E-state index contributed by atoms with van der Waals surface area (Å²) in [5, 5.41) is 2.16. The number of amides is 4. The number of ether oxygens (including phenoxy) is 2. The maximum atomic E-state index is 14.4. The van der Waals surface area contributed by atoms with Crippen molar-refractivity contribution in [1.29, 1.82) is 0 Å². The van der Waals surface area contributed by atoms with Crippen LogP contribution < -0.4 is 10.0 Å². The number of fused-ring (bicyclic) bond motifs is 4. The first kappa shape index (κ1) is 36.0. The van der Waals surface area contributed by atoms with Crippen molar-refractivity contribution in [2.24, 2.45) is 23.2 Å². The summed E-state index contributed by atoms with van der Waals surface area (Å²) in [6.07, 6.45) is 8.19. The van der Waals surface area contributed by atoms with Crippen LogP contribution >= 0.6 is 0 Å². The number of ketones is 1. The van der Waals surface area contributed by atoms with Crippen LogP contribution in [-0.4, -0.2) is 84.1 Å². The summed E-state index contributed by atoms with van der Waals surface area (Å²) in [5.41, 5.74) is -0.222. The number of alkyl carbamates (subject to hydrolysis) is 1. The number of sulfonamides is 1. The van der Waals surface area contributed by atoms with Crippen LogP contribution in [0.5, 0.6) is 0 Å². The van der Waals surface area contributed by atoms with Gasteiger partial charge in [0.25, 0.3) is 0 Å². The van der Waals surface area contributed by atoms with Gasteiger partial charge in [-0.3, -0.25) is 24.0 Å². The Morgan fingerprint density at radius 3 is 2.47 bits per heavy atom. The molecular weight excluding hydrogens is 708 g/mol. The number of carbonyl (C=O) groups is 5. The molecule has 1 aromatic carbocycles. The van der Waals surface area contributed by atoms with Crippen LogP contribution in [0.3, 0.4) is 0 Å². The molecule has 2 N–H and O–H groups in total. The van der Waals surface area contributed by atoms with E-state index >= 15 is 0 Å². The molecule has 286 valence electrons. The normalized spacial score (nSPS) is 34.4. The first-order valence-corrected chi connectivity index (χ1v) is 20.7. The van der Waals surface area contributed by atoms with E-state index < -0.39 is 74.5 Å². The second-order valence-corrected chi connectivity index (χ2v) is 18.2. The zero-order valence-electron chi connectivity index (χ0n) is 29.7. The van der Waals surface area contributed by atoms with E-state index in [1.807, 2.05) is 12.2 Å². The minimum atomic E-state index is -3.88. The van der Waals surface area contributed by atoms with Gasteiger partial charge in [0.15, 0.2) is 5.78 Å². The molecule has 3 aliphatic heterocycles. The van der Waals surface area contributed by atoms with E-state index in [1.165, 1.54) is 15.9 Å². The van der Waals surface area contributed by atoms with E-state index in [2.05, 4.69) is 10.0 Å². The van der Waals surface area contributed by atoms with Crippen molar-refractivity contribution in [1.82, 2.24) is 19.8 Å². The van der Waals surface area contributed by atoms with Gasteiger partial charge >= 0.3 is 12.2 Å². The van der Waals surface area contributed by atoms with Crippen molar-refractivity contribution in [2.45, 2.75) is 126 Å². The fraction of sp³-hybridized carbons (Fsp3) is 0.658. The number of carbonyl (C=O) groups excluding carboxylic acids is 5. The van der Waals surface area contributed by atoms with Gasteiger partial charge in [-0.25, -0.2) is 22.4 Å². The van der Waals surface area contributed by atoms with Crippen LogP contribution in [0.1, 0.15) is 94.6 Å². The molecule has 0 aromatic heterocycles. The van der Waals surface area contributed by atoms with Crippen LogP contribution in [0, 0.1) is 29.0 Å². The largest absolute Gasteiger partial charge is 0.446 e. The second kappa shape index (κ2) is 14.0. The molecule has 0 spiro atoms. The van der Waals surface area contributed by atoms with Gasteiger partial charge < -0.3 is 19.7 Å². The maximum Gasteiger partial charge on any atom is 0.410 e. The summed E-state index contributed by atoms with van der Waals surface area (Å²) in [7, 11) is -3.88. The summed E-state index contributed by atoms with van der Waals surface area (Å²) in [6, 6.07) is 2.54. The van der Waals surface area contributed by atoms with Gasteiger partial charge in [-0.1, -0.05) is 37.1 Å². The Hall–Kier alpha value is -4.01. The van der Waals surface area contributed by atoms with E-state index in [-0.39, 0.29) is 50.9 Å². The lowest BCUT2D eigenvalue weighted by Gasteiger charge is -2.29. The number of hydrogen-bond donors (Lipinski definition) is 2. The molecule has 4 aliphatic carbocycles. The topological polar surface area (TPSA) is 168 Å². The zero-order valence-corrected chi connectivity index (χ0v) is 30.5. The average molecular weight is 755 g/mol. The van der Waals surface area contributed by atoms with Crippen molar-refractivity contribution in [2.75, 3.05) is 6.54 Å². The van der Waals surface area contributed by atoms with Crippen LogP contribution in [0.2, 0.25) is 0 Å². The van der Waals surface area contributed by atoms with Crippen LogP contribution in [0.4, 0.5) is 14.0 Å². The van der Waals surface area contributed by atoms with Gasteiger partial charge in [-0.05, 0) is 87.2 Å². The van der Waals surface area contributed by atoms with Gasteiger partial charge in [0.2, 0.25) is 21.8 Å². The Kier molecular flexibility index (Phi) is 9.51. The molecule has 4 saturated carbocycles. The van der Waals surface area contributed by atoms with Crippen molar-refractivity contribution in [3.63, 3.8) is 0 Å². The molecule has 8 rings (SSSR count). The third-order valence-electron chi connectivity index (χ3n) is 12.4. The third-order valence-corrected chi connectivity index (χ3v) is 14.3. The predicted octanol–water partition coefficient (Wildman–Crippen LogP) is 4.23. The van der Waals surface area contributed by atoms with E-state index in [4.69, 9.17) is 9.47 Å². The highest BCUT2D eigenvalue weighted by Crippen LogP contribution is 2.57. The number of halogens is 1. The standard InChI is InChI=1S/C38H47FN4O9S/c39-30-9-6-7-22-19-42(21-29(22)30)37(48)52-27-16-32-33(44)18-38(35(46)41-53(49,50)28-11-12-28)17-25(38)8-4-2-1-3-5-10-31(34(45)43(32)20-27)40-36(47)51-26-14-23-13-24(23)15-26/h4,6-9,23-28,31-32H,1-3,5,10-21H2,(H,40,47)(H,41,46)/b8-4-/t23-,24+,25-,26?,27+,31-,32-,38+/m0/s1. The number of hydrogen-bond acceptors (Lipinski definition) is 9. The lowest BCUT2D eigenvalue weighted by molar-refractivity contribution is -0.140. The molecule has 3 heterocycles. The third kappa shape index (κ3) is 7.54. The molecule has 7 aliphatic rings. The highest BCUT2D eigenvalue weighted by atomic mass is 32.2. The van der Waals surface area contributed by atoms with Gasteiger partial charge in [0, 0.05) is 24.9 Å². The predicted molar refractivity (Wildman–Crippen MR) is 187 cm³/mol. The van der Waals surface area contributed by atoms with Gasteiger partial charge in [0.05, 0.1) is 29.8 Å². The number of nitrogens with zero attached hydrogens (tertiary/aromatic N) is 2. The number of rotatable bonds is 6. The number of Topliss-reactive ketones (excluding diaryl/α,β-unsaturated/α-hetero) is 1. The highest BCUT2D eigenvalue weighted by Gasteiger charge is 2.61. The zero-order chi connectivity index (χ0) is 37.1.